The van der Waals surface area contributed by atoms with Crippen LogP contribution in [0.5, 0.6) is 0 Å². The lowest BCUT2D eigenvalue weighted by atomic mass is 9.92. The summed E-state index contributed by atoms with van der Waals surface area (Å²) in [5.74, 6) is -0.684. The third-order valence-corrected chi connectivity index (χ3v) is 2.91. The van der Waals surface area contributed by atoms with E-state index in [0.29, 0.717) is 0 Å². The molecule has 5 atom stereocenters. The molecule has 0 aromatic carbocycles. The number of aliphatic hydroxyl groups excluding tert-OH is 4. The second-order valence-corrected chi connectivity index (χ2v) is 4.09. The van der Waals surface area contributed by atoms with Gasteiger partial charge in [-0.25, -0.2) is 0 Å². The maximum atomic E-state index is 11.9. The summed E-state index contributed by atoms with van der Waals surface area (Å²) in [5.41, 5.74) is 0. The van der Waals surface area contributed by atoms with Gasteiger partial charge in [0.25, 0.3) is 0 Å². The Bertz CT molecular complexity index is 400. The molecule has 0 unspecified atom stereocenters. The number of carbonyl (C=O) groups excluding carboxylic acids is 1. The van der Waals surface area contributed by atoms with Crippen LogP contribution in [0.3, 0.4) is 0 Å². The molecular formula is C11H14O7. The maximum Gasteiger partial charge on any atom is 0.229 e. The topological polar surface area (TPSA) is 120 Å². The summed E-state index contributed by atoms with van der Waals surface area (Å²) in [6.07, 6.45) is -5.83. The minimum absolute atomic E-state index is 0.0284. The van der Waals surface area contributed by atoms with Crippen molar-refractivity contribution in [3.63, 3.8) is 0 Å². The van der Waals surface area contributed by atoms with Crippen molar-refractivity contribution in [2.75, 3.05) is 6.61 Å². The number of carbonyl (C=O) groups is 1. The Kier molecular flexibility index (Phi) is 3.79. The molecule has 1 saturated heterocycles. The van der Waals surface area contributed by atoms with Gasteiger partial charge in [0.05, 0.1) is 12.9 Å². The Balaban J connectivity index is 2.19. The molecule has 1 aromatic rings. The van der Waals surface area contributed by atoms with Crippen LogP contribution in [-0.2, 0) is 4.74 Å². The lowest BCUT2D eigenvalue weighted by Gasteiger charge is -2.38. The van der Waals surface area contributed by atoms with Crippen molar-refractivity contribution in [3.05, 3.63) is 24.2 Å². The number of ketones is 1. The molecule has 100 valence electrons. The summed E-state index contributed by atoms with van der Waals surface area (Å²) >= 11 is 0. The fraction of sp³-hybridized carbons (Fsp3) is 0.545. The summed E-state index contributed by atoms with van der Waals surface area (Å²) in [6, 6.07) is 2.89. The third-order valence-electron chi connectivity index (χ3n) is 2.91. The highest BCUT2D eigenvalue weighted by atomic mass is 16.5. The lowest BCUT2D eigenvalue weighted by molar-refractivity contribution is -0.215. The maximum absolute atomic E-state index is 11.9. The molecule has 7 nitrogen and oxygen atoms in total. The molecule has 2 heterocycles. The van der Waals surface area contributed by atoms with Crippen molar-refractivity contribution in [2.24, 2.45) is 0 Å². The van der Waals surface area contributed by atoms with E-state index in [4.69, 9.17) is 14.3 Å². The van der Waals surface area contributed by atoms with Crippen LogP contribution >= 0.6 is 0 Å². The van der Waals surface area contributed by atoms with E-state index >= 15 is 0 Å². The first-order chi connectivity index (χ1) is 8.56. The monoisotopic (exact) mass is 258 g/mol. The predicted molar refractivity (Wildman–Crippen MR) is 56.8 cm³/mol. The molecule has 7 heteroatoms. The summed E-state index contributed by atoms with van der Waals surface area (Å²) < 4.78 is 9.98. The Morgan fingerprint density at radius 1 is 1.22 bits per heavy atom. The van der Waals surface area contributed by atoms with Crippen LogP contribution in [0.15, 0.2) is 22.8 Å². The Morgan fingerprint density at radius 2 is 1.94 bits per heavy atom. The van der Waals surface area contributed by atoms with Crippen molar-refractivity contribution in [1.29, 1.82) is 0 Å². The van der Waals surface area contributed by atoms with Crippen molar-refractivity contribution >= 4 is 5.78 Å². The molecule has 0 spiro atoms. The summed E-state index contributed by atoms with van der Waals surface area (Å²) in [4.78, 5) is 11.9. The van der Waals surface area contributed by atoms with Gasteiger partial charge in [-0.2, -0.15) is 0 Å². The van der Waals surface area contributed by atoms with Gasteiger partial charge in [-0.15, -0.1) is 0 Å². The van der Waals surface area contributed by atoms with E-state index < -0.39 is 42.9 Å². The number of furan rings is 1. The van der Waals surface area contributed by atoms with E-state index in [1.807, 2.05) is 0 Å². The lowest BCUT2D eigenvalue weighted by Crippen LogP contribution is -2.60. The molecule has 2 rings (SSSR count). The second kappa shape index (κ2) is 5.17. The van der Waals surface area contributed by atoms with Crippen molar-refractivity contribution in [1.82, 2.24) is 0 Å². The number of aliphatic hydroxyl groups is 4. The van der Waals surface area contributed by atoms with E-state index in [-0.39, 0.29) is 5.76 Å². The minimum Gasteiger partial charge on any atom is -0.461 e. The highest BCUT2D eigenvalue weighted by molar-refractivity contribution is 5.97. The van der Waals surface area contributed by atoms with Crippen molar-refractivity contribution < 1.29 is 34.4 Å². The average Bonchev–Trinajstić information content (AvgIpc) is 2.89. The molecule has 0 saturated carbocycles. The first-order valence-electron chi connectivity index (χ1n) is 5.44. The molecule has 0 radical (unpaired) electrons. The standard InChI is InChI=1S/C11H14O7/c12-4-6-7(13)9(15)10(16)11(18-6)8(14)5-2-1-3-17-5/h1-3,6-7,9-13,15-16H,4H2/t6-,7-,9+,10-,11+/m1/s1. The van der Waals surface area contributed by atoms with E-state index in [1.54, 1.807) is 0 Å². The smallest absolute Gasteiger partial charge is 0.229 e. The summed E-state index contributed by atoms with van der Waals surface area (Å²) in [6.45, 7) is -0.577. The summed E-state index contributed by atoms with van der Waals surface area (Å²) in [7, 11) is 0. The van der Waals surface area contributed by atoms with Crippen LogP contribution in [0.1, 0.15) is 10.6 Å². The highest BCUT2D eigenvalue weighted by Crippen LogP contribution is 2.23. The van der Waals surface area contributed by atoms with Crippen LogP contribution in [0.4, 0.5) is 0 Å². The number of Topliss-reactive ketones (excluding diaryl/α,β-unsaturated/α-hetero) is 1. The van der Waals surface area contributed by atoms with Gasteiger partial charge in [-0.3, -0.25) is 4.79 Å². The first kappa shape index (κ1) is 13.2. The van der Waals surface area contributed by atoms with Gasteiger partial charge < -0.3 is 29.6 Å². The van der Waals surface area contributed by atoms with Gasteiger partial charge in [0.2, 0.25) is 5.78 Å². The molecule has 0 bridgehead atoms. The number of rotatable bonds is 3. The van der Waals surface area contributed by atoms with E-state index in [1.165, 1.54) is 18.4 Å². The van der Waals surface area contributed by atoms with E-state index in [2.05, 4.69) is 0 Å². The van der Waals surface area contributed by atoms with Crippen molar-refractivity contribution in [3.8, 4) is 0 Å². The SMILES string of the molecule is O=C(c1ccco1)[C@@H]1O[C@H](CO)[C@@H](O)[C@H](O)[C@H]1O. The van der Waals surface area contributed by atoms with Crippen LogP contribution in [-0.4, -0.2) is 63.3 Å². The zero-order chi connectivity index (χ0) is 13.3. The van der Waals surface area contributed by atoms with Crippen LogP contribution in [0.2, 0.25) is 0 Å². The highest BCUT2D eigenvalue weighted by Gasteiger charge is 2.46. The number of hydrogen-bond acceptors (Lipinski definition) is 7. The van der Waals surface area contributed by atoms with Gasteiger partial charge in [0.1, 0.15) is 24.4 Å². The molecule has 0 amide bonds. The number of ether oxygens (including phenoxy) is 1. The zero-order valence-electron chi connectivity index (χ0n) is 9.34. The normalized spacial score (nSPS) is 36.6. The van der Waals surface area contributed by atoms with Crippen LogP contribution in [0.25, 0.3) is 0 Å². The molecule has 1 aliphatic rings. The van der Waals surface area contributed by atoms with E-state index in [9.17, 15) is 20.1 Å². The largest absolute Gasteiger partial charge is 0.461 e. The molecule has 1 aromatic heterocycles. The van der Waals surface area contributed by atoms with Crippen molar-refractivity contribution in [2.45, 2.75) is 30.5 Å². The molecular weight excluding hydrogens is 244 g/mol. The van der Waals surface area contributed by atoms with Gasteiger partial charge in [-0.1, -0.05) is 0 Å². The summed E-state index contributed by atoms with van der Waals surface area (Å²) in [5, 5.41) is 37.8. The quantitative estimate of drug-likeness (QED) is 0.477. The number of hydrogen-bond donors (Lipinski definition) is 4. The van der Waals surface area contributed by atoms with Crippen LogP contribution in [0, 0.1) is 0 Å². The second-order valence-electron chi connectivity index (χ2n) is 4.09. The minimum atomic E-state index is -1.58. The predicted octanol–water partition coefficient (Wildman–Crippen LogP) is -1.70. The van der Waals surface area contributed by atoms with Gasteiger partial charge >= 0.3 is 0 Å². The fourth-order valence-corrected chi connectivity index (χ4v) is 1.88. The van der Waals surface area contributed by atoms with E-state index in [0.717, 1.165) is 0 Å². The molecule has 1 fully saturated rings. The van der Waals surface area contributed by atoms with Gasteiger partial charge in [0, 0.05) is 0 Å². The van der Waals surface area contributed by atoms with Gasteiger partial charge in [0.15, 0.2) is 11.9 Å². The molecule has 4 N–H and O–H groups in total. The Hall–Kier alpha value is -1.25. The zero-order valence-corrected chi connectivity index (χ0v) is 9.34. The first-order valence-corrected chi connectivity index (χ1v) is 5.44. The Morgan fingerprint density at radius 3 is 2.50 bits per heavy atom. The van der Waals surface area contributed by atoms with Gasteiger partial charge in [-0.05, 0) is 12.1 Å². The average molecular weight is 258 g/mol. The molecule has 18 heavy (non-hydrogen) atoms. The molecule has 0 aliphatic carbocycles. The van der Waals surface area contributed by atoms with Crippen LogP contribution < -0.4 is 0 Å². The fourth-order valence-electron chi connectivity index (χ4n) is 1.88. The molecule has 1 aliphatic heterocycles. The third kappa shape index (κ3) is 2.18. The Labute approximate surface area is 102 Å².